The Kier molecular flexibility index (Phi) is 5.11. The molecular formula is C11H18N2O2S. The fourth-order valence-corrected chi connectivity index (χ4v) is 1.70. The van der Waals surface area contributed by atoms with Gasteiger partial charge in [0.2, 0.25) is 0 Å². The average Bonchev–Trinajstić information content (AvgIpc) is 2.23. The highest BCUT2D eigenvalue weighted by molar-refractivity contribution is 7.84. The van der Waals surface area contributed by atoms with E-state index in [-0.39, 0.29) is 0 Å². The summed E-state index contributed by atoms with van der Waals surface area (Å²) in [5, 5.41) is 3.15. The van der Waals surface area contributed by atoms with E-state index in [1.165, 1.54) is 0 Å². The van der Waals surface area contributed by atoms with E-state index in [1.54, 1.807) is 6.26 Å². The van der Waals surface area contributed by atoms with Gasteiger partial charge in [-0.15, -0.1) is 0 Å². The molecule has 1 aromatic rings. The largest absolute Gasteiger partial charge is 0.492 e. The van der Waals surface area contributed by atoms with E-state index >= 15 is 0 Å². The van der Waals surface area contributed by atoms with E-state index in [0.29, 0.717) is 30.3 Å². The Morgan fingerprint density at radius 2 is 2.25 bits per heavy atom. The van der Waals surface area contributed by atoms with Crippen molar-refractivity contribution in [2.45, 2.75) is 6.92 Å². The summed E-state index contributed by atoms with van der Waals surface area (Å²) in [5.41, 5.74) is 7.36. The molecule has 0 fully saturated rings. The predicted molar refractivity (Wildman–Crippen MR) is 69.4 cm³/mol. The second-order valence-electron chi connectivity index (χ2n) is 3.35. The fraction of sp³-hybridized carbons (Fsp3) is 0.455. The Labute approximate surface area is 98.6 Å². The van der Waals surface area contributed by atoms with Crippen molar-refractivity contribution in [1.29, 1.82) is 0 Å². The molecule has 4 nitrogen and oxygen atoms in total. The Morgan fingerprint density at radius 3 is 2.88 bits per heavy atom. The molecular weight excluding hydrogens is 224 g/mol. The van der Waals surface area contributed by atoms with Crippen LogP contribution in [0.4, 0.5) is 11.4 Å². The van der Waals surface area contributed by atoms with Gasteiger partial charge in [-0.3, -0.25) is 4.21 Å². The first kappa shape index (κ1) is 12.8. The first-order valence-electron chi connectivity index (χ1n) is 5.20. The summed E-state index contributed by atoms with van der Waals surface area (Å²) >= 11 is 0. The van der Waals surface area contributed by atoms with Crippen LogP contribution < -0.4 is 15.8 Å². The molecule has 0 saturated heterocycles. The smallest absolute Gasteiger partial charge is 0.144 e. The van der Waals surface area contributed by atoms with Crippen molar-refractivity contribution >= 4 is 22.2 Å². The molecule has 1 atom stereocenters. The summed E-state index contributed by atoms with van der Waals surface area (Å²) < 4.78 is 16.3. The number of benzene rings is 1. The Bertz CT molecular complexity index is 369. The van der Waals surface area contributed by atoms with Crippen LogP contribution in [0.2, 0.25) is 0 Å². The zero-order valence-corrected chi connectivity index (χ0v) is 10.5. The van der Waals surface area contributed by atoms with Crippen molar-refractivity contribution in [3.8, 4) is 5.75 Å². The molecule has 0 aliphatic heterocycles. The zero-order valence-electron chi connectivity index (χ0n) is 9.66. The summed E-state index contributed by atoms with van der Waals surface area (Å²) in [4.78, 5) is 0. The lowest BCUT2D eigenvalue weighted by atomic mass is 10.2. The van der Waals surface area contributed by atoms with E-state index in [4.69, 9.17) is 10.5 Å². The third kappa shape index (κ3) is 3.73. The van der Waals surface area contributed by atoms with Crippen molar-refractivity contribution in [3.63, 3.8) is 0 Å². The van der Waals surface area contributed by atoms with Crippen LogP contribution in [0.1, 0.15) is 6.92 Å². The Morgan fingerprint density at radius 1 is 1.50 bits per heavy atom. The quantitative estimate of drug-likeness (QED) is 0.741. The molecule has 5 heteroatoms. The number of nitrogens with one attached hydrogen (secondary N) is 1. The highest BCUT2D eigenvalue weighted by Crippen LogP contribution is 2.28. The first-order chi connectivity index (χ1) is 7.65. The molecule has 0 radical (unpaired) electrons. The standard InChI is InChI=1S/C11H18N2O2S/c1-3-15-10-6-4-5-9(11(10)12)13-7-8-16(2)14/h4-6,13H,3,7-8,12H2,1-2H3. The highest BCUT2D eigenvalue weighted by Gasteiger charge is 2.04. The van der Waals surface area contributed by atoms with Crippen molar-refractivity contribution < 1.29 is 8.95 Å². The van der Waals surface area contributed by atoms with Gasteiger partial charge >= 0.3 is 0 Å². The van der Waals surface area contributed by atoms with E-state index < -0.39 is 10.8 Å². The molecule has 1 unspecified atom stereocenters. The van der Waals surface area contributed by atoms with Gasteiger partial charge in [0, 0.05) is 29.4 Å². The molecule has 3 N–H and O–H groups in total. The van der Waals surface area contributed by atoms with Gasteiger partial charge in [-0.2, -0.15) is 0 Å². The van der Waals surface area contributed by atoms with Gasteiger partial charge in [-0.1, -0.05) is 6.07 Å². The lowest BCUT2D eigenvalue weighted by Crippen LogP contribution is -2.11. The lowest BCUT2D eigenvalue weighted by molar-refractivity contribution is 0.342. The maximum atomic E-state index is 10.9. The molecule has 90 valence electrons. The Balaban J connectivity index is 2.65. The fourth-order valence-electron chi connectivity index (χ4n) is 1.31. The van der Waals surface area contributed by atoms with Gasteiger partial charge in [0.25, 0.3) is 0 Å². The van der Waals surface area contributed by atoms with Crippen LogP contribution in [0.5, 0.6) is 5.75 Å². The average molecular weight is 242 g/mol. The molecule has 0 heterocycles. The SMILES string of the molecule is CCOc1cccc(NCCS(C)=O)c1N. The Hall–Kier alpha value is -1.23. The summed E-state index contributed by atoms with van der Waals surface area (Å²) in [6.07, 6.45) is 1.68. The normalized spacial score (nSPS) is 12.1. The minimum atomic E-state index is -0.789. The maximum absolute atomic E-state index is 10.9. The van der Waals surface area contributed by atoms with Gasteiger partial charge in [0.15, 0.2) is 0 Å². The highest BCUT2D eigenvalue weighted by atomic mass is 32.2. The van der Waals surface area contributed by atoms with Crippen LogP contribution in [0.15, 0.2) is 18.2 Å². The van der Waals surface area contributed by atoms with E-state index in [1.807, 2.05) is 25.1 Å². The number of ether oxygens (including phenoxy) is 1. The molecule has 0 bridgehead atoms. The first-order valence-corrected chi connectivity index (χ1v) is 6.93. The van der Waals surface area contributed by atoms with Crippen molar-refractivity contribution in [2.24, 2.45) is 0 Å². The van der Waals surface area contributed by atoms with Crippen molar-refractivity contribution in [3.05, 3.63) is 18.2 Å². The van der Waals surface area contributed by atoms with Gasteiger partial charge in [-0.25, -0.2) is 0 Å². The van der Waals surface area contributed by atoms with Crippen molar-refractivity contribution in [2.75, 3.05) is 36.2 Å². The van der Waals surface area contributed by atoms with Crippen LogP contribution in [0.3, 0.4) is 0 Å². The molecule has 1 aromatic carbocycles. The van der Waals surface area contributed by atoms with Crippen LogP contribution in [0, 0.1) is 0 Å². The second kappa shape index (κ2) is 6.37. The van der Waals surface area contributed by atoms with E-state index in [0.717, 1.165) is 5.69 Å². The topological polar surface area (TPSA) is 64.3 Å². The minimum Gasteiger partial charge on any atom is -0.492 e. The van der Waals surface area contributed by atoms with Gasteiger partial charge in [0.1, 0.15) is 5.75 Å². The second-order valence-corrected chi connectivity index (χ2v) is 4.91. The number of hydrogen-bond acceptors (Lipinski definition) is 4. The molecule has 0 amide bonds. The number of nitrogens with two attached hydrogens (primary N) is 1. The van der Waals surface area contributed by atoms with Gasteiger partial charge in [0.05, 0.1) is 18.0 Å². The summed E-state index contributed by atoms with van der Waals surface area (Å²) in [5.74, 6) is 1.29. The third-order valence-electron chi connectivity index (χ3n) is 2.07. The monoisotopic (exact) mass is 242 g/mol. The number of hydrogen-bond donors (Lipinski definition) is 2. The van der Waals surface area contributed by atoms with Crippen LogP contribution in [0.25, 0.3) is 0 Å². The number of para-hydroxylation sites is 1. The number of rotatable bonds is 6. The molecule has 0 saturated carbocycles. The van der Waals surface area contributed by atoms with Gasteiger partial charge in [-0.05, 0) is 19.1 Å². The molecule has 16 heavy (non-hydrogen) atoms. The zero-order chi connectivity index (χ0) is 12.0. The van der Waals surface area contributed by atoms with Crippen LogP contribution in [-0.4, -0.2) is 29.4 Å². The number of nitrogen functional groups attached to an aromatic ring is 1. The predicted octanol–water partition coefficient (Wildman–Crippen LogP) is 1.46. The molecule has 0 spiro atoms. The summed E-state index contributed by atoms with van der Waals surface area (Å²) in [6, 6.07) is 5.60. The third-order valence-corrected chi connectivity index (χ3v) is 2.85. The van der Waals surface area contributed by atoms with E-state index in [9.17, 15) is 4.21 Å². The molecule has 1 rings (SSSR count). The lowest BCUT2D eigenvalue weighted by Gasteiger charge is -2.12. The van der Waals surface area contributed by atoms with E-state index in [2.05, 4.69) is 5.32 Å². The van der Waals surface area contributed by atoms with Crippen LogP contribution in [-0.2, 0) is 10.8 Å². The van der Waals surface area contributed by atoms with Crippen molar-refractivity contribution in [1.82, 2.24) is 0 Å². The summed E-state index contributed by atoms with van der Waals surface area (Å²) in [7, 11) is -0.789. The summed E-state index contributed by atoms with van der Waals surface area (Å²) in [6.45, 7) is 3.15. The molecule has 0 aromatic heterocycles. The minimum absolute atomic E-state index is 0.590. The maximum Gasteiger partial charge on any atom is 0.144 e. The van der Waals surface area contributed by atoms with Crippen LogP contribution >= 0.6 is 0 Å². The molecule has 0 aliphatic carbocycles. The molecule has 0 aliphatic rings. The number of anilines is 2. The van der Waals surface area contributed by atoms with Gasteiger partial charge < -0.3 is 15.8 Å².